The summed E-state index contributed by atoms with van der Waals surface area (Å²) in [4.78, 5) is 0.792. The minimum Gasteiger partial charge on any atom is -0.254 e. The zero-order valence-electron chi connectivity index (χ0n) is 9.67. The monoisotopic (exact) mass is 253 g/mol. The maximum absolute atomic E-state index is 12.3. The van der Waals surface area contributed by atoms with Crippen LogP contribution < -0.4 is 0 Å². The number of fused-ring (bicyclic) bond motifs is 2. The molecule has 2 aromatic carbocycles. The summed E-state index contributed by atoms with van der Waals surface area (Å²) in [5.41, 5.74) is 2.88. The number of nitriles is 1. The standard InChI is InChI=1S/C15H11NOS/c16-9-14-12-6-2-1-5-11(12)10-18(17)15-8-4-3-7-13(14)15/h1-8,14H,10H2. The lowest BCUT2D eigenvalue weighted by atomic mass is 9.90. The van der Waals surface area contributed by atoms with Crippen molar-refractivity contribution in [1.29, 1.82) is 5.26 Å². The number of benzene rings is 2. The Morgan fingerprint density at radius 1 is 1.06 bits per heavy atom. The van der Waals surface area contributed by atoms with Gasteiger partial charge in [0.2, 0.25) is 0 Å². The Balaban J connectivity index is 2.31. The smallest absolute Gasteiger partial charge is 0.0977 e. The van der Waals surface area contributed by atoms with Gasteiger partial charge < -0.3 is 0 Å². The second kappa shape index (κ2) is 4.40. The molecule has 0 aliphatic carbocycles. The largest absolute Gasteiger partial charge is 0.254 e. The van der Waals surface area contributed by atoms with Gasteiger partial charge in [-0.3, -0.25) is 4.21 Å². The average molecular weight is 253 g/mol. The molecular formula is C15H11NOS. The van der Waals surface area contributed by atoms with Crippen molar-refractivity contribution in [2.75, 3.05) is 0 Å². The van der Waals surface area contributed by atoms with Gasteiger partial charge in [-0.15, -0.1) is 0 Å². The fourth-order valence-electron chi connectivity index (χ4n) is 2.40. The first-order valence-corrected chi connectivity index (χ1v) is 7.08. The van der Waals surface area contributed by atoms with Crippen molar-refractivity contribution >= 4 is 10.8 Å². The van der Waals surface area contributed by atoms with E-state index in [4.69, 9.17) is 0 Å². The van der Waals surface area contributed by atoms with Crippen LogP contribution in [0.4, 0.5) is 0 Å². The van der Waals surface area contributed by atoms with Crippen LogP contribution in [0.5, 0.6) is 0 Å². The molecule has 88 valence electrons. The van der Waals surface area contributed by atoms with Crippen LogP contribution in [0.2, 0.25) is 0 Å². The fourth-order valence-corrected chi connectivity index (χ4v) is 3.78. The molecule has 18 heavy (non-hydrogen) atoms. The van der Waals surface area contributed by atoms with Crippen LogP contribution in [0.3, 0.4) is 0 Å². The van der Waals surface area contributed by atoms with Crippen molar-refractivity contribution in [3.63, 3.8) is 0 Å². The molecule has 3 rings (SSSR count). The summed E-state index contributed by atoms with van der Waals surface area (Å²) >= 11 is 0. The molecule has 1 heterocycles. The lowest BCUT2D eigenvalue weighted by Gasteiger charge is -2.11. The highest BCUT2D eigenvalue weighted by Gasteiger charge is 2.26. The molecule has 0 saturated carbocycles. The summed E-state index contributed by atoms with van der Waals surface area (Å²) < 4.78 is 12.3. The molecule has 0 radical (unpaired) electrons. The zero-order valence-corrected chi connectivity index (χ0v) is 10.5. The van der Waals surface area contributed by atoms with E-state index in [2.05, 4.69) is 6.07 Å². The van der Waals surface area contributed by atoms with Gasteiger partial charge in [-0.05, 0) is 22.8 Å². The number of rotatable bonds is 0. The Labute approximate surface area is 108 Å². The van der Waals surface area contributed by atoms with E-state index >= 15 is 0 Å². The third-order valence-electron chi connectivity index (χ3n) is 3.26. The molecule has 0 saturated heterocycles. The van der Waals surface area contributed by atoms with Crippen molar-refractivity contribution in [3.05, 3.63) is 65.2 Å². The Morgan fingerprint density at radius 3 is 2.50 bits per heavy atom. The van der Waals surface area contributed by atoms with E-state index in [9.17, 15) is 9.47 Å². The van der Waals surface area contributed by atoms with E-state index < -0.39 is 10.8 Å². The average Bonchev–Trinajstić information content (AvgIpc) is 2.53. The molecular weight excluding hydrogens is 242 g/mol. The van der Waals surface area contributed by atoms with E-state index in [1.165, 1.54) is 0 Å². The molecule has 0 N–H and O–H groups in total. The van der Waals surface area contributed by atoms with Crippen LogP contribution in [-0.2, 0) is 16.6 Å². The zero-order chi connectivity index (χ0) is 12.5. The third-order valence-corrected chi connectivity index (χ3v) is 4.69. The van der Waals surface area contributed by atoms with Crippen LogP contribution in [0.25, 0.3) is 0 Å². The predicted molar refractivity (Wildman–Crippen MR) is 70.5 cm³/mol. The van der Waals surface area contributed by atoms with Gasteiger partial charge in [-0.25, -0.2) is 0 Å². The Morgan fingerprint density at radius 2 is 1.72 bits per heavy atom. The molecule has 0 bridgehead atoms. The SMILES string of the molecule is N#CC1c2ccccc2CS(=O)c2ccccc21. The summed E-state index contributed by atoms with van der Waals surface area (Å²) in [5, 5.41) is 9.45. The number of hydrogen-bond donors (Lipinski definition) is 0. The molecule has 2 aromatic rings. The highest BCUT2D eigenvalue weighted by atomic mass is 32.2. The molecule has 0 aromatic heterocycles. The second-order valence-corrected chi connectivity index (χ2v) is 5.71. The van der Waals surface area contributed by atoms with E-state index in [-0.39, 0.29) is 5.92 Å². The fraction of sp³-hybridized carbons (Fsp3) is 0.133. The normalized spacial score (nSPS) is 21.3. The summed E-state index contributed by atoms with van der Waals surface area (Å²) in [6.07, 6.45) is 0. The summed E-state index contributed by atoms with van der Waals surface area (Å²) in [7, 11) is -1.07. The summed E-state index contributed by atoms with van der Waals surface area (Å²) in [5.74, 6) is 0.176. The van der Waals surface area contributed by atoms with Gasteiger partial charge in [0.15, 0.2) is 0 Å². The molecule has 2 nitrogen and oxygen atoms in total. The molecule has 0 fully saturated rings. The molecule has 0 amide bonds. The van der Waals surface area contributed by atoms with E-state index in [0.29, 0.717) is 5.75 Å². The quantitative estimate of drug-likeness (QED) is 0.724. The number of hydrogen-bond acceptors (Lipinski definition) is 2. The lowest BCUT2D eigenvalue weighted by molar-refractivity contribution is 0.682. The van der Waals surface area contributed by atoms with Crippen LogP contribution in [0.15, 0.2) is 53.4 Å². The predicted octanol–water partition coefficient (Wildman–Crippen LogP) is 2.96. The summed E-state index contributed by atoms with van der Waals surface area (Å²) in [6.45, 7) is 0. The third kappa shape index (κ3) is 1.66. The van der Waals surface area contributed by atoms with E-state index in [1.807, 2.05) is 48.5 Å². The molecule has 0 spiro atoms. The van der Waals surface area contributed by atoms with E-state index in [1.54, 1.807) is 0 Å². The van der Waals surface area contributed by atoms with Crippen molar-refractivity contribution in [2.45, 2.75) is 16.6 Å². The maximum atomic E-state index is 12.3. The Bertz CT molecular complexity index is 672. The van der Waals surface area contributed by atoms with Crippen molar-refractivity contribution in [1.82, 2.24) is 0 Å². The highest BCUT2D eigenvalue weighted by Crippen LogP contribution is 2.35. The van der Waals surface area contributed by atoms with Gasteiger partial charge in [0, 0.05) is 4.90 Å². The first kappa shape index (κ1) is 11.2. The molecule has 1 aliphatic heterocycles. The summed E-state index contributed by atoms with van der Waals surface area (Å²) in [6, 6.07) is 17.7. The van der Waals surface area contributed by atoms with Gasteiger partial charge >= 0.3 is 0 Å². The van der Waals surface area contributed by atoms with Gasteiger partial charge in [0.05, 0.1) is 28.5 Å². The van der Waals surface area contributed by atoms with Crippen LogP contribution in [-0.4, -0.2) is 4.21 Å². The van der Waals surface area contributed by atoms with E-state index in [0.717, 1.165) is 21.6 Å². The van der Waals surface area contributed by atoms with Crippen molar-refractivity contribution in [2.24, 2.45) is 0 Å². The van der Waals surface area contributed by atoms with Crippen LogP contribution in [0.1, 0.15) is 22.6 Å². The van der Waals surface area contributed by atoms with Gasteiger partial charge in [0.25, 0.3) is 0 Å². The Kier molecular flexibility index (Phi) is 2.73. The number of nitrogens with zero attached hydrogens (tertiary/aromatic N) is 1. The van der Waals surface area contributed by atoms with Gasteiger partial charge in [-0.1, -0.05) is 42.5 Å². The van der Waals surface area contributed by atoms with Crippen molar-refractivity contribution < 1.29 is 4.21 Å². The lowest BCUT2D eigenvalue weighted by Crippen LogP contribution is -2.00. The highest BCUT2D eigenvalue weighted by molar-refractivity contribution is 7.84. The molecule has 2 atom stereocenters. The van der Waals surface area contributed by atoms with Crippen LogP contribution in [0, 0.1) is 11.3 Å². The first-order chi connectivity index (χ1) is 8.81. The van der Waals surface area contributed by atoms with Gasteiger partial charge in [0.1, 0.15) is 0 Å². The van der Waals surface area contributed by atoms with Gasteiger partial charge in [-0.2, -0.15) is 5.26 Å². The topological polar surface area (TPSA) is 40.9 Å². The van der Waals surface area contributed by atoms with Crippen LogP contribution >= 0.6 is 0 Å². The first-order valence-electron chi connectivity index (χ1n) is 5.76. The minimum absolute atomic E-state index is 0.316. The Hall–Kier alpha value is -1.92. The molecule has 2 unspecified atom stereocenters. The molecule has 1 aliphatic rings. The maximum Gasteiger partial charge on any atom is 0.0977 e. The second-order valence-electron chi connectivity index (χ2n) is 4.29. The van der Waals surface area contributed by atoms with Crippen molar-refractivity contribution in [3.8, 4) is 6.07 Å². The molecule has 3 heteroatoms. The minimum atomic E-state index is -1.07.